The Kier molecular flexibility index (Phi) is 6.15. The number of carbonyl (C=O) groups is 4. The number of amides is 4. The number of fused-ring (bicyclic) bond motifs is 1. The fourth-order valence-corrected chi connectivity index (χ4v) is 3.22. The maximum absolute atomic E-state index is 13.2. The van der Waals surface area contributed by atoms with Gasteiger partial charge in [-0.25, -0.2) is 14.6 Å². The Morgan fingerprint density at radius 3 is 2.00 bits per heavy atom. The molecule has 30 heavy (non-hydrogen) atoms. The predicted octanol–water partition coefficient (Wildman–Crippen LogP) is 2.61. The van der Waals surface area contributed by atoms with Gasteiger partial charge >= 0.3 is 12.0 Å². The number of hydrazine groups is 1. The minimum Gasteiger partial charge on any atom is -0.467 e. The quantitative estimate of drug-likeness (QED) is 0.584. The number of hydrogen-bond donors (Lipinski definition) is 1. The van der Waals surface area contributed by atoms with Gasteiger partial charge in [0.1, 0.15) is 6.04 Å². The van der Waals surface area contributed by atoms with Crippen LogP contribution in [0.3, 0.4) is 0 Å². The molecule has 0 aliphatic carbocycles. The molecule has 0 saturated heterocycles. The second-order valence-electron chi connectivity index (χ2n) is 7.21. The second kappa shape index (κ2) is 8.77. The van der Waals surface area contributed by atoms with Gasteiger partial charge < -0.3 is 10.1 Å². The van der Waals surface area contributed by atoms with Crippen LogP contribution in [0.2, 0.25) is 0 Å². The number of methoxy groups -OCH3 is 1. The van der Waals surface area contributed by atoms with E-state index in [1.54, 1.807) is 62.4 Å². The first kappa shape index (κ1) is 21.0. The molecule has 1 atom stereocenters. The van der Waals surface area contributed by atoms with Gasteiger partial charge in [0.15, 0.2) is 0 Å². The number of esters is 1. The van der Waals surface area contributed by atoms with Crippen molar-refractivity contribution in [1.29, 1.82) is 0 Å². The van der Waals surface area contributed by atoms with Crippen molar-refractivity contribution in [2.45, 2.75) is 26.4 Å². The number of ether oxygens (including phenoxy) is 1. The molecule has 0 spiro atoms. The zero-order valence-corrected chi connectivity index (χ0v) is 17.0. The molecular weight excluding hydrogens is 386 g/mol. The minimum absolute atomic E-state index is 0.0376. The van der Waals surface area contributed by atoms with Gasteiger partial charge in [0, 0.05) is 0 Å². The largest absolute Gasteiger partial charge is 0.467 e. The maximum Gasteiger partial charge on any atom is 0.337 e. The first-order valence-electron chi connectivity index (χ1n) is 9.52. The lowest BCUT2D eigenvalue weighted by Gasteiger charge is -2.32. The molecule has 1 aliphatic heterocycles. The van der Waals surface area contributed by atoms with Crippen LogP contribution < -0.4 is 5.32 Å². The average Bonchev–Trinajstić information content (AvgIpc) is 3.00. The van der Waals surface area contributed by atoms with E-state index in [-0.39, 0.29) is 23.6 Å². The highest BCUT2D eigenvalue weighted by Crippen LogP contribution is 2.25. The summed E-state index contributed by atoms with van der Waals surface area (Å²) >= 11 is 0. The van der Waals surface area contributed by atoms with Crippen LogP contribution in [0.15, 0.2) is 54.6 Å². The third-order valence-electron chi connectivity index (χ3n) is 4.82. The Morgan fingerprint density at radius 1 is 0.967 bits per heavy atom. The number of benzene rings is 2. The summed E-state index contributed by atoms with van der Waals surface area (Å²) in [7, 11) is 1.23. The van der Waals surface area contributed by atoms with E-state index in [1.807, 2.05) is 6.07 Å². The van der Waals surface area contributed by atoms with E-state index in [9.17, 15) is 19.2 Å². The zero-order valence-electron chi connectivity index (χ0n) is 17.0. The first-order chi connectivity index (χ1) is 14.3. The second-order valence-corrected chi connectivity index (χ2v) is 7.21. The van der Waals surface area contributed by atoms with E-state index >= 15 is 0 Å². The van der Waals surface area contributed by atoms with Gasteiger partial charge in [-0.2, -0.15) is 5.01 Å². The molecule has 0 aromatic heterocycles. The van der Waals surface area contributed by atoms with Gasteiger partial charge in [0.25, 0.3) is 11.8 Å². The van der Waals surface area contributed by atoms with Gasteiger partial charge in [-0.3, -0.25) is 9.59 Å². The average molecular weight is 409 g/mol. The fraction of sp³-hybridized carbons (Fsp3) is 0.273. The van der Waals surface area contributed by atoms with Crippen LogP contribution in [0.4, 0.5) is 4.79 Å². The van der Waals surface area contributed by atoms with E-state index in [2.05, 4.69) is 5.32 Å². The van der Waals surface area contributed by atoms with Gasteiger partial charge in [0.05, 0.1) is 24.8 Å². The molecule has 2 aromatic carbocycles. The number of nitrogens with one attached hydrogen (secondary N) is 1. The van der Waals surface area contributed by atoms with E-state index in [4.69, 9.17) is 4.74 Å². The van der Waals surface area contributed by atoms with Crippen molar-refractivity contribution in [2.24, 2.45) is 5.92 Å². The summed E-state index contributed by atoms with van der Waals surface area (Å²) in [5.74, 6) is -2.07. The summed E-state index contributed by atoms with van der Waals surface area (Å²) in [6.07, 6.45) is 0. The van der Waals surface area contributed by atoms with Crippen molar-refractivity contribution in [1.82, 2.24) is 15.3 Å². The van der Waals surface area contributed by atoms with Crippen LogP contribution in [-0.4, -0.2) is 47.0 Å². The summed E-state index contributed by atoms with van der Waals surface area (Å²) in [4.78, 5) is 51.2. The number of carbonyl (C=O) groups excluding carboxylic acids is 4. The molecule has 4 amide bonds. The molecule has 0 radical (unpaired) electrons. The van der Waals surface area contributed by atoms with Crippen molar-refractivity contribution in [3.8, 4) is 0 Å². The van der Waals surface area contributed by atoms with Gasteiger partial charge in [-0.05, 0) is 23.6 Å². The monoisotopic (exact) mass is 409 g/mol. The molecule has 3 rings (SSSR count). The lowest BCUT2D eigenvalue weighted by molar-refractivity contribution is -0.144. The van der Waals surface area contributed by atoms with Gasteiger partial charge in [-0.1, -0.05) is 56.3 Å². The van der Waals surface area contributed by atoms with Crippen molar-refractivity contribution >= 4 is 23.8 Å². The molecule has 1 N–H and O–H groups in total. The van der Waals surface area contributed by atoms with Crippen molar-refractivity contribution in [2.75, 3.05) is 7.11 Å². The number of rotatable bonds is 6. The van der Waals surface area contributed by atoms with E-state index in [0.717, 1.165) is 10.0 Å². The Bertz CT molecular complexity index is 939. The van der Waals surface area contributed by atoms with Crippen LogP contribution in [0.25, 0.3) is 0 Å². The Balaban J connectivity index is 1.95. The highest BCUT2D eigenvalue weighted by molar-refractivity contribution is 6.21. The van der Waals surface area contributed by atoms with Crippen LogP contribution in [0, 0.1) is 5.92 Å². The Hall–Kier alpha value is -3.68. The molecule has 8 heteroatoms. The lowest BCUT2D eigenvalue weighted by Crippen LogP contribution is -2.57. The normalized spacial score (nSPS) is 13.8. The van der Waals surface area contributed by atoms with Crippen LogP contribution in [-0.2, 0) is 16.1 Å². The van der Waals surface area contributed by atoms with Gasteiger partial charge in [0.2, 0.25) is 0 Å². The third-order valence-corrected chi connectivity index (χ3v) is 4.82. The predicted molar refractivity (Wildman–Crippen MR) is 108 cm³/mol. The molecule has 0 bridgehead atoms. The van der Waals surface area contributed by atoms with E-state index in [1.165, 1.54) is 7.11 Å². The number of hydrogen-bond acceptors (Lipinski definition) is 5. The summed E-state index contributed by atoms with van der Waals surface area (Å²) in [6.45, 7) is 3.47. The Labute approximate surface area is 174 Å². The van der Waals surface area contributed by atoms with E-state index in [0.29, 0.717) is 5.56 Å². The third kappa shape index (κ3) is 4.03. The molecule has 156 valence electrons. The molecule has 1 heterocycles. The maximum atomic E-state index is 13.2. The number of urea groups is 1. The smallest absolute Gasteiger partial charge is 0.337 e. The summed E-state index contributed by atoms with van der Waals surface area (Å²) in [5, 5.41) is 4.45. The molecule has 1 aliphatic rings. The SMILES string of the molecule is COC(=O)[C@@H](NC(=O)N(Cc1ccccc1)N1C(=O)c2ccccc2C1=O)C(C)C. The summed E-state index contributed by atoms with van der Waals surface area (Å²) in [5.41, 5.74) is 1.16. The number of nitrogens with zero attached hydrogens (tertiary/aromatic N) is 2. The molecular formula is C22H23N3O5. The fourth-order valence-electron chi connectivity index (χ4n) is 3.22. The molecule has 0 saturated carbocycles. The summed E-state index contributed by atoms with van der Waals surface area (Å²) < 4.78 is 4.77. The Morgan fingerprint density at radius 2 is 1.50 bits per heavy atom. The van der Waals surface area contributed by atoms with E-state index < -0.39 is 29.9 Å². The lowest BCUT2D eigenvalue weighted by atomic mass is 10.1. The first-order valence-corrected chi connectivity index (χ1v) is 9.52. The molecule has 0 fully saturated rings. The highest BCUT2D eigenvalue weighted by Gasteiger charge is 2.42. The zero-order chi connectivity index (χ0) is 21.8. The molecule has 0 unspecified atom stereocenters. The van der Waals surface area contributed by atoms with Crippen LogP contribution >= 0.6 is 0 Å². The molecule has 2 aromatic rings. The van der Waals surface area contributed by atoms with Crippen LogP contribution in [0.5, 0.6) is 0 Å². The highest BCUT2D eigenvalue weighted by atomic mass is 16.5. The van der Waals surface area contributed by atoms with Crippen molar-refractivity contribution < 1.29 is 23.9 Å². The number of imide groups is 1. The topological polar surface area (TPSA) is 96.0 Å². The van der Waals surface area contributed by atoms with Crippen LogP contribution in [0.1, 0.15) is 40.1 Å². The van der Waals surface area contributed by atoms with Crippen molar-refractivity contribution in [3.63, 3.8) is 0 Å². The standard InChI is InChI=1S/C22H23N3O5/c1-14(2)18(21(28)30-3)23-22(29)24(13-15-9-5-4-6-10-15)25-19(26)16-11-7-8-12-17(16)20(25)27/h4-12,14,18H,13H2,1-3H3,(H,23,29)/t18-/m0/s1. The molecule has 8 nitrogen and oxygen atoms in total. The van der Waals surface area contributed by atoms with Crippen molar-refractivity contribution in [3.05, 3.63) is 71.3 Å². The summed E-state index contributed by atoms with van der Waals surface area (Å²) in [6, 6.07) is 13.7. The minimum atomic E-state index is -0.934. The van der Waals surface area contributed by atoms with Gasteiger partial charge in [-0.15, -0.1) is 0 Å².